The van der Waals surface area contributed by atoms with Gasteiger partial charge < -0.3 is 9.84 Å². The van der Waals surface area contributed by atoms with Gasteiger partial charge in [-0.2, -0.15) is 0 Å². The van der Waals surface area contributed by atoms with Crippen molar-refractivity contribution in [2.75, 3.05) is 7.11 Å². The van der Waals surface area contributed by atoms with Crippen molar-refractivity contribution in [1.29, 1.82) is 0 Å². The van der Waals surface area contributed by atoms with Crippen molar-refractivity contribution in [3.63, 3.8) is 0 Å². The summed E-state index contributed by atoms with van der Waals surface area (Å²) < 4.78 is 18.8. The monoisotopic (exact) mass is 300 g/mol. The SMILES string of the molecule is COc1ccc(C(O)c2c(Cl)cccc2Cl)c(F)c1. The summed E-state index contributed by atoms with van der Waals surface area (Å²) in [7, 11) is 1.44. The van der Waals surface area contributed by atoms with Gasteiger partial charge in [0.1, 0.15) is 17.7 Å². The van der Waals surface area contributed by atoms with Crippen LogP contribution in [0, 0.1) is 5.82 Å². The largest absolute Gasteiger partial charge is 0.497 e. The summed E-state index contributed by atoms with van der Waals surface area (Å²) in [6.45, 7) is 0. The van der Waals surface area contributed by atoms with E-state index in [1.807, 2.05) is 0 Å². The van der Waals surface area contributed by atoms with Crippen molar-refractivity contribution in [2.24, 2.45) is 0 Å². The van der Waals surface area contributed by atoms with Crippen LogP contribution in [0.4, 0.5) is 4.39 Å². The summed E-state index contributed by atoms with van der Waals surface area (Å²) >= 11 is 12.0. The number of methoxy groups -OCH3 is 1. The Labute approximate surface area is 120 Å². The van der Waals surface area contributed by atoms with Crippen molar-refractivity contribution in [3.8, 4) is 5.75 Å². The molecule has 0 fully saturated rings. The van der Waals surface area contributed by atoms with Crippen LogP contribution >= 0.6 is 23.2 Å². The minimum atomic E-state index is -1.23. The van der Waals surface area contributed by atoms with Gasteiger partial charge in [0, 0.05) is 27.2 Å². The number of halogens is 3. The number of rotatable bonds is 3. The lowest BCUT2D eigenvalue weighted by Gasteiger charge is -2.16. The van der Waals surface area contributed by atoms with Crippen molar-refractivity contribution in [2.45, 2.75) is 6.10 Å². The molecule has 0 spiro atoms. The van der Waals surface area contributed by atoms with Gasteiger partial charge in [-0.25, -0.2) is 4.39 Å². The predicted molar refractivity (Wildman–Crippen MR) is 73.5 cm³/mol. The molecule has 100 valence electrons. The number of benzene rings is 2. The van der Waals surface area contributed by atoms with E-state index in [9.17, 15) is 9.50 Å². The Balaban J connectivity index is 2.47. The molecule has 1 unspecified atom stereocenters. The lowest BCUT2D eigenvalue weighted by molar-refractivity contribution is 0.215. The lowest BCUT2D eigenvalue weighted by atomic mass is 10.0. The highest BCUT2D eigenvalue weighted by atomic mass is 35.5. The van der Waals surface area contributed by atoms with Gasteiger partial charge in [0.25, 0.3) is 0 Å². The van der Waals surface area contributed by atoms with Crippen LogP contribution in [0.1, 0.15) is 17.2 Å². The molecule has 0 saturated carbocycles. The second kappa shape index (κ2) is 5.78. The smallest absolute Gasteiger partial charge is 0.133 e. The van der Waals surface area contributed by atoms with E-state index in [-0.39, 0.29) is 21.2 Å². The molecule has 0 bridgehead atoms. The molecule has 2 aromatic rings. The van der Waals surface area contributed by atoms with Gasteiger partial charge >= 0.3 is 0 Å². The normalized spacial score (nSPS) is 12.3. The molecule has 2 aromatic carbocycles. The molecule has 0 aromatic heterocycles. The van der Waals surface area contributed by atoms with Gasteiger partial charge in [0.15, 0.2) is 0 Å². The highest BCUT2D eigenvalue weighted by molar-refractivity contribution is 6.36. The number of ether oxygens (including phenoxy) is 1. The van der Waals surface area contributed by atoms with Crippen LogP contribution in [0.5, 0.6) is 5.75 Å². The Morgan fingerprint density at radius 2 is 1.79 bits per heavy atom. The fraction of sp³-hybridized carbons (Fsp3) is 0.143. The lowest BCUT2D eigenvalue weighted by Crippen LogP contribution is -2.04. The third kappa shape index (κ3) is 2.84. The number of hydrogen-bond acceptors (Lipinski definition) is 2. The molecule has 0 aliphatic rings. The first-order valence-electron chi connectivity index (χ1n) is 5.50. The summed E-state index contributed by atoms with van der Waals surface area (Å²) in [6.07, 6.45) is -1.23. The van der Waals surface area contributed by atoms with Gasteiger partial charge in [0.2, 0.25) is 0 Å². The van der Waals surface area contributed by atoms with Crippen LogP contribution in [0.3, 0.4) is 0 Å². The molecule has 0 saturated heterocycles. The van der Waals surface area contributed by atoms with Gasteiger partial charge in [-0.05, 0) is 24.3 Å². The Morgan fingerprint density at radius 1 is 1.16 bits per heavy atom. The summed E-state index contributed by atoms with van der Waals surface area (Å²) in [5.41, 5.74) is 0.380. The Hall–Kier alpha value is -1.29. The van der Waals surface area contributed by atoms with Crippen LogP contribution in [0.15, 0.2) is 36.4 Å². The minimum Gasteiger partial charge on any atom is -0.497 e. The second-order valence-electron chi connectivity index (χ2n) is 3.93. The minimum absolute atomic E-state index is 0.0933. The van der Waals surface area contributed by atoms with E-state index < -0.39 is 11.9 Å². The van der Waals surface area contributed by atoms with Crippen LogP contribution < -0.4 is 4.74 Å². The maximum Gasteiger partial charge on any atom is 0.133 e. The zero-order valence-corrected chi connectivity index (χ0v) is 11.5. The van der Waals surface area contributed by atoms with E-state index in [1.54, 1.807) is 24.3 Å². The molecule has 0 aliphatic heterocycles. The fourth-order valence-corrected chi connectivity index (χ4v) is 2.39. The maximum atomic E-state index is 13.9. The van der Waals surface area contributed by atoms with E-state index in [2.05, 4.69) is 0 Å². The molecular formula is C14H11Cl2FO2. The van der Waals surface area contributed by atoms with Gasteiger partial charge in [-0.3, -0.25) is 0 Å². The van der Waals surface area contributed by atoms with Gasteiger partial charge in [-0.15, -0.1) is 0 Å². The van der Waals surface area contributed by atoms with Crippen LogP contribution in [0.2, 0.25) is 10.0 Å². The zero-order chi connectivity index (χ0) is 14.0. The first-order valence-corrected chi connectivity index (χ1v) is 6.25. The maximum absolute atomic E-state index is 13.9. The quantitative estimate of drug-likeness (QED) is 0.919. The van der Waals surface area contributed by atoms with Crippen molar-refractivity contribution in [3.05, 3.63) is 63.4 Å². The number of hydrogen-bond donors (Lipinski definition) is 1. The Kier molecular flexibility index (Phi) is 4.30. The fourth-order valence-electron chi connectivity index (χ4n) is 1.78. The van der Waals surface area contributed by atoms with E-state index in [4.69, 9.17) is 27.9 Å². The van der Waals surface area contributed by atoms with Gasteiger partial charge in [0.05, 0.1) is 7.11 Å². The highest BCUT2D eigenvalue weighted by Gasteiger charge is 2.20. The summed E-state index contributed by atoms with van der Waals surface area (Å²) in [5.74, 6) is -0.207. The molecule has 1 atom stereocenters. The highest BCUT2D eigenvalue weighted by Crippen LogP contribution is 2.35. The molecule has 5 heteroatoms. The first-order chi connectivity index (χ1) is 9.04. The number of aliphatic hydroxyl groups is 1. The molecule has 0 amide bonds. The third-order valence-corrected chi connectivity index (χ3v) is 3.43. The predicted octanol–water partition coefficient (Wildman–Crippen LogP) is 4.22. The van der Waals surface area contributed by atoms with Gasteiger partial charge in [-0.1, -0.05) is 29.3 Å². The molecular weight excluding hydrogens is 290 g/mol. The molecule has 2 nitrogen and oxygen atoms in total. The molecule has 0 aliphatic carbocycles. The summed E-state index contributed by atoms with van der Waals surface area (Å²) in [5, 5.41) is 10.8. The number of aliphatic hydroxyl groups excluding tert-OH is 1. The molecule has 2 rings (SSSR count). The second-order valence-corrected chi connectivity index (χ2v) is 4.74. The van der Waals surface area contributed by atoms with E-state index in [0.717, 1.165) is 0 Å². The van der Waals surface area contributed by atoms with Crippen LogP contribution in [-0.4, -0.2) is 12.2 Å². The topological polar surface area (TPSA) is 29.5 Å². The molecule has 0 heterocycles. The van der Waals surface area contributed by atoms with Crippen LogP contribution in [-0.2, 0) is 0 Å². The Morgan fingerprint density at radius 3 is 2.32 bits per heavy atom. The molecule has 1 N–H and O–H groups in total. The molecule has 0 radical (unpaired) electrons. The van der Waals surface area contributed by atoms with Crippen LogP contribution in [0.25, 0.3) is 0 Å². The molecule has 19 heavy (non-hydrogen) atoms. The Bertz CT molecular complexity index is 582. The van der Waals surface area contributed by atoms with E-state index in [0.29, 0.717) is 5.75 Å². The van der Waals surface area contributed by atoms with E-state index >= 15 is 0 Å². The standard InChI is InChI=1S/C14H11Cl2FO2/c1-19-8-5-6-9(12(17)7-8)14(18)13-10(15)3-2-4-11(13)16/h2-7,14,18H,1H3. The van der Waals surface area contributed by atoms with Crippen molar-refractivity contribution in [1.82, 2.24) is 0 Å². The first kappa shape index (κ1) is 14.1. The van der Waals surface area contributed by atoms with E-state index in [1.165, 1.54) is 19.2 Å². The third-order valence-electron chi connectivity index (χ3n) is 2.78. The summed E-state index contributed by atoms with van der Waals surface area (Å²) in [4.78, 5) is 0. The zero-order valence-electron chi connectivity index (χ0n) is 10.0. The average Bonchev–Trinajstić information content (AvgIpc) is 2.38. The summed E-state index contributed by atoms with van der Waals surface area (Å²) in [6, 6.07) is 9.04. The van der Waals surface area contributed by atoms with Crippen molar-refractivity contribution < 1.29 is 14.2 Å². The average molecular weight is 301 g/mol. The van der Waals surface area contributed by atoms with Crippen molar-refractivity contribution >= 4 is 23.2 Å².